The summed E-state index contributed by atoms with van der Waals surface area (Å²) < 4.78 is 58.4. The normalized spacial score (nSPS) is 32.3. The van der Waals surface area contributed by atoms with Gasteiger partial charge in [-0.15, -0.1) is 0 Å². The molecule has 9 heteroatoms. The Kier molecular flexibility index (Phi) is 5.33. The zero-order valence-electron chi connectivity index (χ0n) is 18.9. The van der Waals surface area contributed by atoms with E-state index in [0.29, 0.717) is 12.8 Å². The van der Waals surface area contributed by atoms with Crippen LogP contribution in [0.2, 0.25) is 0 Å². The lowest BCUT2D eigenvalue weighted by molar-refractivity contribution is -0.274. The highest BCUT2D eigenvalue weighted by Crippen LogP contribution is 2.63. The Labute approximate surface area is 189 Å². The van der Waals surface area contributed by atoms with E-state index in [1.807, 2.05) is 6.92 Å². The van der Waals surface area contributed by atoms with E-state index in [9.17, 15) is 27.6 Å². The van der Waals surface area contributed by atoms with Crippen molar-refractivity contribution in [3.63, 3.8) is 0 Å². The Hall–Kier alpha value is -2.58. The maximum Gasteiger partial charge on any atom is 0.432 e. The van der Waals surface area contributed by atoms with Crippen LogP contribution in [0, 0.1) is 22.7 Å². The molecule has 0 aromatic heterocycles. The minimum absolute atomic E-state index is 0.0704. The van der Waals surface area contributed by atoms with Crippen molar-refractivity contribution < 1.29 is 41.8 Å². The van der Waals surface area contributed by atoms with E-state index in [2.05, 4.69) is 0 Å². The molecule has 1 aromatic carbocycles. The van der Waals surface area contributed by atoms with Crippen molar-refractivity contribution >= 4 is 17.9 Å². The standard InChI is InChI=1S/C24H27F3O6/c1-5-21(2,3)18(28)31-16-13-11-15-17(16)32-19(29)23(15,12-13)20(30)33-22(4,24(25,26)27)14-9-7-6-8-10-14/h6-10,13,15-17H,5,11-12H2,1-4H3. The molecule has 6 unspecified atom stereocenters. The number of hydrogen-bond donors (Lipinski definition) is 0. The summed E-state index contributed by atoms with van der Waals surface area (Å²) in [5.74, 6) is -3.66. The van der Waals surface area contributed by atoms with Crippen molar-refractivity contribution in [3.05, 3.63) is 35.9 Å². The van der Waals surface area contributed by atoms with Gasteiger partial charge in [0.25, 0.3) is 0 Å². The summed E-state index contributed by atoms with van der Waals surface area (Å²) in [6, 6.07) is 6.83. The minimum Gasteiger partial charge on any atom is -0.458 e. The van der Waals surface area contributed by atoms with E-state index in [1.165, 1.54) is 24.3 Å². The third-order valence-electron chi connectivity index (χ3n) is 7.77. The fraction of sp³-hybridized carbons (Fsp3) is 0.625. The minimum atomic E-state index is -4.91. The number of carbonyl (C=O) groups is 3. The lowest BCUT2D eigenvalue weighted by Crippen LogP contribution is -2.51. The number of rotatable bonds is 6. The molecule has 1 aromatic rings. The Balaban J connectivity index is 1.60. The molecule has 33 heavy (non-hydrogen) atoms. The van der Waals surface area contributed by atoms with Gasteiger partial charge in [0.05, 0.1) is 5.41 Å². The summed E-state index contributed by atoms with van der Waals surface area (Å²) >= 11 is 0. The van der Waals surface area contributed by atoms with E-state index in [-0.39, 0.29) is 17.9 Å². The number of alkyl halides is 3. The number of hydrogen-bond acceptors (Lipinski definition) is 6. The molecule has 2 bridgehead atoms. The van der Waals surface area contributed by atoms with E-state index >= 15 is 0 Å². The van der Waals surface area contributed by atoms with Gasteiger partial charge < -0.3 is 14.2 Å². The molecular weight excluding hydrogens is 441 g/mol. The van der Waals surface area contributed by atoms with Gasteiger partial charge >= 0.3 is 24.1 Å². The predicted molar refractivity (Wildman–Crippen MR) is 108 cm³/mol. The molecule has 0 amide bonds. The number of carbonyl (C=O) groups excluding carboxylic acids is 3. The third-order valence-corrected chi connectivity index (χ3v) is 7.77. The highest BCUT2D eigenvalue weighted by atomic mass is 19.4. The highest BCUT2D eigenvalue weighted by Gasteiger charge is 2.76. The van der Waals surface area contributed by atoms with Gasteiger partial charge in [-0.1, -0.05) is 37.3 Å². The second-order valence-corrected chi connectivity index (χ2v) is 10.0. The first kappa shape index (κ1) is 23.6. The second-order valence-electron chi connectivity index (χ2n) is 10.0. The van der Waals surface area contributed by atoms with Gasteiger partial charge in [-0.2, -0.15) is 13.2 Å². The van der Waals surface area contributed by atoms with Gasteiger partial charge in [0.1, 0.15) is 12.2 Å². The van der Waals surface area contributed by atoms with Gasteiger partial charge in [-0.05, 0) is 40.0 Å². The molecule has 180 valence electrons. The Morgan fingerprint density at radius 1 is 1.15 bits per heavy atom. The smallest absolute Gasteiger partial charge is 0.432 e. The molecule has 1 aliphatic heterocycles. The van der Waals surface area contributed by atoms with Crippen LogP contribution in [0.4, 0.5) is 13.2 Å². The van der Waals surface area contributed by atoms with Crippen LogP contribution in [0.1, 0.15) is 52.5 Å². The van der Waals surface area contributed by atoms with Gasteiger partial charge in [0.2, 0.25) is 5.60 Å². The molecule has 0 radical (unpaired) electrons. The Morgan fingerprint density at radius 2 is 1.79 bits per heavy atom. The molecule has 1 heterocycles. The SMILES string of the molecule is CCC(C)(C)C(=O)OC1C2CC3C1OC(=O)C3(C(=O)OC(C)(c1ccccc1)C(F)(F)F)C2. The Bertz CT molecular complexity index is 974. The van der Waals surface area contributed by atoms with E-state index < -0.39 is 58.6 Å². The maximum atomic E-state index is 14.1. The molecule has 6 nitrogen and oxygen atoms in total. The molecule has 6 atom stereocenters. The monoisotopic (exact) mass is 468 g/mol. The Morgan fingerprint density at radius 3 is 2.36 bits per heavy atom. The largest absolute Gasteiger partial charge is 0.458 e. The zero-order valence-corrected chi connectivity index (χ0v) is 18.9. The third kappa shape index (κ3) is 3.34. The van der Waals surface area contributed by atoms with Gasteiger partial charge in [-0.3, -0.25) is 14.4 Å². The molecule has 0 spiro atoms. The maximum absolute atomic E-state index is 14.1. The zero-order chi connectivity index (χ0) is 24.4. The fourth-order valence-corrected chi connectivity index (χ4v) is 5.17. The van der Waals surface area contributed by atoms with E-state index in [0.717, 1.165) is 6.92 Å². The molecule has 3 aliphatic rings. The van der Waals surface area contributed by atoms with Gasteiger partial charge in [0, 0.05) is 17.4 Å². The summed E-state index contributed by atoms with van der Waals surface area (Å²) in [5, 5.41) is 0. The van der Waals surface area contributed by atoms with Crippen LogP contribution in [-0.2, 0) is 34.2 Å². The first-order valence-electron chi connectivity index (χ1n) is 11.1. The van der Waals surface area contributed by atoms with E-state index in [4.69, 9.17) is 14.2 Å². The van der Waals surface area contributed by atoms with Crippen LogP contribution in [0.5, 0.6) is 0 Å². The van der Waals surface area contributed by atoms with Gasteiger partial charge in [-0.25, -0.2) is 0 Å². The van der Waals surface area contributed by atoms with Crippen molar-refractivity contribution in [3.8, 4) is 0 Å². The number of ether oxygens (including phenoxy) is 3. The summed E-state index contributed by atoms with van der Waals surface area (Å²) in [4.78, 5) is 38.7. The average Bonchev–Trinajstić information content (AvgIpc) is 3.36. The van der Waals surface area contributed by atoms with Crippen molar-refractivity contribution in [2.24, 2.45) is 22.7 Å². The van der Waals surface area contributed by atoms with Crippen LogP contribution in [0.15, 0.2) is 30.3 Å². The molecule has 1 saturated heterocycles. The van der Waals surface area contributed by atoms with Crippen molar-refractivity contribution in [2.45, 2.75) is 70.9 Å². The lowest BCUT2D eigenvalue weighted by atomic mass is 9.73. The fourth-order valence-electron chi connectivity index (χ4n) is 5.17. The quantitative estimate of drug-likeness (QED) is 0.352. The number of fused-ring (bicyclic) bond motifs is 1. The summed E-state index contributed by atoms with van der Waals surface area (Å²) in [7, 11) is 0. The van der Waals surface area contributed by atoms with Crippen LogP contribution in [0.25, 0.3) is 0 Å². The number of halogens is 3. The molecule has 0 N–H and O–H groups in total. The molecule has 3 fully saturated rings. The number of benzene rings is 1. The molecular formula is C24H27F3O6. The average molecular weight is 468 g/mol. The van der Waals surface area contributed by atoms with Crippen LogP contribution >= 0.6 is 0 Å². The topological polar surface area (TPSA) is 78.9 Å². The molecule has 2 saturated carbocycles. The number of esters is 3. The summed E-state index contributed by atoms with van der Waals surface area (Å²) in [6.45, 7) is 6.11. The predicted octanol–water partition coefficient (Wildman–Crippen LogP) is 4.31. The van der Waals surface area contributed by atoms with Crippen LogP contribution < -0.4 is 0 Å². The van der Waals surface area contributed by atoms with Gasteiger partial charge in [0.15, 0.2) is 5.41 Å². The lowest BCUT2D eigenvalue weighted by Gasteiger charge is -2.37. The summed E-state index contributed by atoms with van der Waals surface area (Å²) in [5.41, 5.74) is -5.73. The van der Waals surface area contributed by atoms with Crippen LogP contribution in [-0.4, -0.2) is 36.3 Å². The highest BCUT2D eigenvalue weighted by molar-refractivity contribution is 6.03. The molecule has 4 rings (SSSR count). The van der Waals surface area contributed by atoms with Crippen molar-refractivity contribution in [1.82, 2.24) is 0 Å². The second kappa shape index (κ2) is 7.46. The van der Waals surface area contributed by atoms with Crippen molar-refractivity contribution in [2.75, 3.05) is 0 Å². The first-order valence-corrected chi connectivity index (χ1v) is 11.1. The first-order chi connectivity index (χ1) is 15.3. The van der Waals surface area contributed by atoms with E-state index in [1.54, 1.807) is 19.9 Å². The molecule has 2 aliphatic carbocycles. The van der Waals surface area contributed by atoms with Crippen LogP contribution in [0.3, 0.4) is 0 Å². The van der Waals surface area contributed by atoms with Crippen molar-refractivity contribution in [1.29, 1.82) is 0 Å². The summed E-state index contributed by atoms with van der Waals surface area (Å²) in [6.07, 6.45) is -5.69.